The number of amides is 3. The molecule has 45 heavy (non-hydrogen) atoms. The Bertz CT molecular complexity index is 1700. The molecule has 234 valence electrons. The standard InChI is InChI=1S/C35H39N5O5/c1-22-20-39(21-23(2)40(22)34(43)45-35(3,4)5)26-12-10-24(11-13-26)32(41)38-31-19-28(16-17-37-31)44-27-14-15-29-25(18-27)8-7-9-30(29)33(42)36-6/h7-19,22-23H,20-21H2,1-6H3,(H,36,42)(H,37,38,41)/t22-,23+. The Morgan fingerprint density at radius 1 is 0.867 bits per heavy atom. The Kier molecular flexibility index (Phi) is 8.94. The van der Waals surface area contributed by atoms with Crippen LogP contribution in [0, 0.1) is 0 Å². The fourth-order valence-corrected chi connectivity index (χ4v) is 5.56. The lowest BCUT2D eigenvalue weighted by molar-refractivity contribution is 0.00564. The second-order valence-corrected chi connectivity index (χ2v) is 12.2. The van der Waals surface area contributed by atoms with Crippen LogP contribution in [0.5, 0.6) is 11.5 Å². The van der Waals surface area contributed by atoms with Gasteiger partial charge >= 0.3 is 6.09 Å². The van der Waals surface area contributed by atoms with Gasteiger partial charge < -0.3 is 25.0 Å². The number of aromatic nitrogens is 1. The summed E-state index contributed by atoms with van der Waals surface area (Å²) in [4.78, 5) is 46.3. The van der Waals surface area contributed by atoms with Crippen molar-refractivity contribution in [1.82, 2.24) is 15.2 Å². The minimum absolute atomic E-state index is 0.0400. The molecule has 0 aliphatic carbocycles. The molecule has 1 fully saturated rings. The predicted molar refractivity (Wildman–Crippen MR) is 175 cm³/mol. The lowest BCUT2D eigenvalue weighted by Crippen LogP contribution is -2.59. The quantitative estimate of drug-likeness (QED) is 0.258. The SMILES string of the molecule is CNC(=O)c1cccc2cc(Oc3ccnc(NC(=O)c4ccc(N5C[C@@H](C)N(C(=O)OC(C)(C)C)[C@@H](C)C5)cc4)c3)ccc12. The summed E-state index contributed by atoms with van der Waals surface area (Å²) in [6.07, 6.45) is 1.27. The van der Waals surface area contributed by atoms with E-state index in [9.17, 15) is 14.4 Å². The van der Waals surface area contributed by atoms with Crippen molar-refractivity contribution in [3.63, 3.8) is 0 Å². The Labute approximate surface area is 263 Å². The Hall–Kier alpha value is -5.12. The van der Waals surface area contributed by atoms with Crippen LogP contribution in [0.4, 0.5) is 16.3 Å². The summed E-state index contributed by atoms with van der Waals surface area (Å²) in [6, 6.07) is 21.7. The third-order valence-corrected chi connectivity index (χ3v) is 7.55. The maximum absolute atomic E-state index is 13.1. The molecule has 0 bridgehead atoms. The molecule has 3 aromatic carbocycles. The van der Waals surface area contributed by atoms with Crippen molar-refractivity contribution in [2.45, 2.75) is 52.3 Å². The molecule has 2 heterocycles. The highest BCUT2D eigenvalue weighted by atomic mass is 16.6. The van der Waals surface area contributed by atoms with Crippen LogP contribution in [0.1, 0.15) is 55.3 Å². The van der Waals surface area contributed by atoms with Gasteiger partial charge in [0.05, 0.1) is 12.1 Å². The van der Waals surface area contributed by atoms with Crippen LogP contribution in [0.15, 0.2) is 79.0 Å². The van der Waals surface area contributed by atoms with Gasteiger partial charge in [-0.2, -0.15) is 0 Å². The first-order valence-electron chi connectivity index (χ1n) is 15.0. The predicted octanol–water partition coefficient (Wildman–Crippen LogP) is 6.47. The average Bonchev–Trinajstić information content (AvgIpc) is 2.99. The van der Waals surface area contributed by atoms with E-state index in [2.05, 4.69) is 20.5 Å². The van der Waals surface area contributed by atoms with E-state index in [-0.39, 0.29) is 30.0 Å². The molecule has 2 N–H and O–H groups in total. The highest BCUT2D eigenvalue weighted by Crippen LogP contribution is 2.29. The van der Waals surface area contributed by atoms with Crippen molar-refractivity contribution in [2.24, 2.45) is 0 Å². The normalized spacial score (nSPS) is 16.7. The highest BCUT2D eigenvalue weighted by Gasteiger charge is 2.35. The molecule has 10 nitrogen and oxygen atoms in total. The number of benzene rings is 3. The lowest BCUT2D eigenvalue weighted by Gasteiger charge is -2.45. The van der Waals surface area contributed by atoms with Crippen molar-refractivity contribution in [3.8, 4) is 11.5 Å². The van der Waals surface area contributed by atoms with Gasteiger partial charge in [0, 0.05) is 49.2 Å². The Morgan fingerprint density at radius 3 is 2.22 bits per heavy atom. The fourth-order valence-electron chi connectivity index (χ4n) is 5.56. The zero-order chi connectivity index (χ0) is 32.3. The van der Waals surface area contributed by atoms with Crippen molar-refractivity contribution in [1.29, 1.82) is 0 Å². The Balaban J connectivity index is 1.22. The summed E-state index contributed by atoms with van der Waals surface area (Å²) < 4.78 is 11.7. The second kappa shape index (κ2) is 12.9. The third-order valence-electron chi connectivity index (χ3n) is 7.55. The molecule has 0 radical (unpaired) electrons. The number of nitrogens with one attached hydrogen (secondary N) is 2. The van der Waals surface area contributed by atoms with Gasteiger partial charge in [-0.15, -0.1) is 0 Å². The molecule has 5 rings (SSSR count). The smallest absolute Gasteiger partial charge is 0.410 e. The number of rotatable bonds is 6. The number of carbonyl (C=O) groups is 3. The number of pyridine rings is 1. The van der Waals surface area contributed by atoms with Crippen LogP contribution in [0.2, 0.25) is 0 Å². The summed E-state index contributed by atoms with van der Waals surface area (Å²) in [5.74, 6) is 0.999. The molecule has 1 aliphatic heterocycles. The molecule has 1 saturated heterocycles. The number of fused-ring (bicyclic) bond motifs is 1. The number of anilines is 2. The summed E-state index contributed by atoms with van der Waals surface area (Å²) in [7, 11) is 1.60. The van der Waals surface area contributed by atoms with E-state index in [0.717, 1.165) is 16.5 Å². The molecule has 2 atom stereocenters. The molecule has 10 heteroatoms. The van der Waals surface area contributed by atoms with Gasteiger partial charge in [0.15, 0.2) is 0 Å². The molecule has 3 amide bonds. The Morgan fingerprint density at radius 2 is 1.56 bits per heavy atom. The van der Waals surface area contributed by atoms with Crippen molar-refractivity contribution < 1.29 is 23.9 Å². The van der Waals surface area contributed by atoms with Gasteiger partial charge in [-0.05, 0) is 100.0 Å². The zero-order valence-corrected chi connectivity index (χ0v) is 26.5. The first-order valence-corrected chi connectivity index (χ1v) is 15.0. The van der Waals surface area contributed by atoms with Gasteiger partial charge in [0.1, 0.15) is 22.9 Å². The molecule has 4 aromatic rings. The topological polar surface area (TPSA) is 113 Å². The second-order valence-electron chi connectivity index (χ2n) is 12.2. The van der Waals surface area contributed by atoms with E-state index in [1.807, 2.05) is 71.0 Å². The highest BCUT2D eigenvalue weighted by molar-refractivity contribution is 6.07. The van der Waals surface area contributed by atoms with Gasteiger partial charge in [-0.25, -0.2) is 9.78 Å². The summed E-state index contributed by atoms with van der Waals surface area (Å²) in [5.41, 5.74) is 1.50. The van der Waals surface area contributed by atoms with Crippen LogP contribution >= 0.6 is 0 Å². The largest absolute Gasteiger partial charge is 0.457 e. The van der Waals surface area contributed by atoms with Gasteiger partial charge in [-0.1, -0.05) is 12.1 Å². The third kappa shape index (κ3) is 7.34. The molecule has 1 aromatic heterocycles. The summed E-state index contributed by atoms with van der Waals surface area (Å²) >= 11 is 0. The number of nitrogens with zero attached hydrogens (tertiary/aromatic N) is 3. The maximum atomic E-state index is 13.1. The van der Waals surface area contributed by atoms with Crippen LogP contribution in [0.3, 0.4) is 0 Å². The van der Waals surface area contributed by atoms with E-state index < -0.39 is 5.60 Å². The summed E-state index contributed by atoms with van der Waals surface area (Å²) in [5, 5.41) is 7.20. The molecular weight excluding hydrogens is 570 g/mol. The van der Waals surface area contributed by atoms with E-state index in [1.165, 1.54) is 0 Å². The van der Waals surface area contributed by atoms with Crippen molar-refractivity contribution >= 4 is 40.2 Å². The van der Waals surface area contributed by atoms with Crippen LogP contribution in [-0.2, 0) is 4.74 Å². The van der Waals surface area contributed by atoms with Gasteiger partial charge in [0.25, 0.3) is 11.8 Å². The first kappa shape index (κ1) is 31.3. The van der Waals surface area contributed by atoms with Gasteiger partial charge in [0.2, 0.25) is 0 Å². The van der Waals surface area contributed by atoms with E-state index in [0.29, 0.717) is 41.5 Å². The van der Waals surface area contributed by atoms with E-state index in [4.69, 9.17) is 9.47 Å². The number of carbonyl (C=O) groups excluding carboxylic acids is 3. The summed E-state index contributed by atoms with van der Waals surface area (Å²) in [6.45, 7) is 10.9. The van der Waals surface area contributed by atoms with Crippen molar-refractivity contribution in [2.75, 3.05) is 30.4 Å². The number of hydrogen-bond acceptors (Lipinski definition) is 7. The number of hydrogen-bond donors (Lipinski definition) is 2. The van der Waals surface area contributed by atoms with E-state index in [1.54, 1.807) is 54.5 Å². The molecule has 0 spiro atoms. The average molecular weight is 610 g/mol. The van der Waals surface area contributed by atoms with E-state index >= 15 is 0 Å². The lowest BCUT2D eigenvalue weighted by atomic mass is 10.0. The monoisotopic (exact) mass is 609 g/mol. The van der Waals surface area contributed by atoms with Crippen LogP contribution in [-0.4, -0.2) is 65.6 Å². The molecular formula is C35H39N5O5. The number of ether oxygens (including phenoxy) is 2. The fraction of sp³-hybridized carbons (Fsp3) is 0.314. The maximum Gasteiger partial charge on any atom is 0.410 e. The van der Waals surface area contributed by atoms with Gasteiger partial charge in [-0.3, -0.25) is 14.5 Å². The molecule has 0 unspecified atom stereocenters. The zero-order valence-electron chi connectivity index (χ0n) is 26.5. The molecule has 0 saturated carbocycles. The minimum atomic E-state index is -0.550. The van der Waals surface area contributed by atoms with Crippen LogP contribution in [0.25, 0.3) is 10.8 Å². The molecule has 1 aliphatic rings. The van der Waals surface area contributed by atoms with Crippen LogP contribution < -0.4 is 20.3 Å². The number of piperazine rings is 1. The minimum Gasteiger partial charge on any atom is -0.457 e. The van der Waals surface area contributed by atoms with Crippen molar-refractivity contribution in [3.05, 3.63) is 90.1 Å². The first-order chi connectivity index (χ1) is 21.4.